The van der Waals surface area contributed by atoms with Crippen LogP contribution in [0.5, 0.6) is 0 Å². The van der Waals surface area contributed by atoms with E-state index < -0.39 is 11.8 Å². The van der Waals surface area contributed by atoms with Gasteiger partial charge in [0.2, 0.25) is 11.9 Å². The summed E-state index contributed by atoms with van der Waals surface area (Å²) in [6.45, 7) is -0.260. The number of hydrogen-bond donors (Lipinski definition) is 2. The molecule has 0 atom stereocenters. The third kappa shape index (κ3) is 3.29. The van der Waals surface area contributed by atoms with Gasteiger partial charge in [-0.2, -0.15) is 15.0 Å². The van der Waals surface area contributed by atoms with E-state index >= 15 is 0 Å². The number of carbonyl (C=O) groups is 1. The summed E-state index contributed by atoms with van der Waals surface area (Å²) < 4.78 is 17.8. The molecule has 2 rings (SSSR count). The molecule has 4 N–H and O–H groups in total. The minimum absolute atomic E-state index is 0.0306. The number of hydrogen-bond acceptors (Lipinski definition) is 7. The number of nitrogens with two attached hydrogens (primary N) is 2. The highest BCUT2D eigenvalue weighted by Crippen LogP contribution is 2.18. The molecule has 1 aromatic carbocycles. The Morgan fingerprint density at radius 1 is 1.25 bits per heavy atom. The van der Waals surface area contributed by atoms with Crippen LogP contribution in [0.2, 0.25) is 5.02 Å². The number of nitrogen functional groups attached to an aromatic ring is 2. The van der Waals surface area contributed by atoms with Crippen molar-refractivity contribution in [3.63, 3.8) is 0 Å². The van der Waals surface area contributed by atoms with Gasteiger partial charge in [-0.1, -0.05) is 11.6 Å². The van der Waals surface area contributed by atoms with Crippen LogP contribution in [-0.2, 0) is 11.3 Å². The number of halogens is 2. The fourth-order valence-corrected chi connectivity index (χ4v) is 1.63. The first-order valence-corrected chi connectivity index (χ1v) is 5.71. The molecule has 0 aliphatic heterocycles. The van der Waals surface area contributed by atoms with Crippen LogP contribution >= 0.6 is 11.6 Å². The van der Waals surface area contributed by atoms with E-state index in [4.69, 9.17) is 27.8 Å². The average molecular weight is 298 g/mol. The summed E-state index contributed by atoms with van der Waals surface area (Å²) in [5.41, 5.74) is 10.8. The summed E-state index contributed by atoms with van der Waals surface area (Å²) in [5.74, 6) is -1.36. The van der Waals surface area contributed by atoms with Crippen molar-refractivity contribution in [2.24, 2.45) is 0 Å². The number of benzene rings is 1. The van der Waals surface area contributed by atoms with Crippen molar-refractivity contribution < 1.29 is 13.9 Å². The maximum atomic E-state index is 12.9. The normalized spacial score (nSPS) is 10.3. The lowest BCUT2D eigenvalue weighted by molar-refractivity contribution is 0.0462. The second kappa shape index (κ2) is 5.66. The molecule has 0 aliphatic carbocycles. The minimum Gasteiger partial charge on any atom is -0.454 e. The second-order valence-corrected chi connectivity index (χ2v) is 4.08. The van der Waals surface area contributed by atoms with E-state index in [2.05, 4.69) is 15.0 Å². The molecule has 0 radical (unpaired) electrons. The van der Waals surface area contributed by atoms with Crippen LogP contribution in [0.15, 0.2) is 18.2 Å². The van der Waals surface area contributed by atoms with Crippen molar-refractivity contribution in [1.29, 1.82) is 0 Å². The SMILES string of the molecule is Nc1nc(N)nc(COC(=O)c2ccc(F)cc2Cl)n1. The van der Waals surface area contributed by atoms with Crippen LogP contribution in [0.25, 0.3) is 0 Å². The minimum atomic E-state index is -0.743. The van der Waals surface area contributed by atoms with Crippen molar-refractivity contribution in [3.05, 3.63) is 40.4 Å². The lowest BCUT2D eigenvalue weighted by atomic mass is 10.2. The number of carbonyl (C=O) groups excluding carboxylic acids is 1. The summed E-state index contributed by atoms with van der Waals surface area (Å²) in [6, 6.07) is 3.33. The first-order chi connectivity index (χ1) is 9.45. The molecule has 0 amide bonds. The molecule has 7 nitrogen and oxygen atoms in total. The highest BCUT2D eigenvalue weighted by Gasteiger charge is 2.13. The lowest BCUT2D eigenvalue weighted by Crippen LogP contribution is -2.11. The zero-order valence-electron chi connectivity index (χ0n) is 10.0. The molecule has 0 fully saturated rings. The average Bonchev–Trinajstić information content (AvgIpc) is 2.35. The monoisotopic (exact) mass is 297 g/mol. The summed E-state index contributed by atoms with van der Waals surface area (Å²) in [6.07, 6.45) is 0. The predicted molar refractivity (Wildman–Crippen MR) is 69.2 cm³/mol. The number of rotatable bonds is 3. The molecule has 0 unspecified atom stereocenters. The van der Waals surface area contributed by atoms with Crippen LogP contribution in [0.1, 0.15) is 16.2 Å². The largest absolute Gasteiger partial charge is 0.454 e. The third-order valence-corrected chi connectivity index (χ3v) is 2.51. The number of esters is 1. The van der Waals surface area contributed by atoms with Crippen LogP contribution in [0.4, 0.5) is 16.3 Å². The van der Waals surface area contributed by atoms with Crippen molar-refractivity contribution >= 4 is 29.5 Å². The number of anilines is 2. The van der Waals surface area contributed by atoms with Gasteiger partial charge in [0.05, 0.1) is 10.6 Å². The fraction of sp³-hybridized carbons (Fsp3) is 0.0909. The summed E-state index contributed by atoms with van der Waals surface area (Å²) in [7, 11) is 0. The standard InChI is InChI=1S/C11H9ClFN5O2/c12-7-3-5(13)1-2-6(7)9(19)20-4-8-16-10(14)18-11(15)17-8/h1-3H,4H2,(H4,14,15,16,17,18). The Morgan fingerprint density at radius 3 is 2.50 bits per heavy atom. The van der Waals surface area contributed by atoms with E-state index in [1.165, 1.54) is 6.07 Å². The first-order valence-electron chi connectivity index (χ1n) is 5.34. The van der Waals surface area contributed by atoms with Gasteiger partial charge < -0.3 is 16.2 Å². The summed E-state index contributed by atoms with van der Waals surface area (Å²) in [5, 5.41) is -0.0512. The Kier molecular flexibility index (Phi) is 3.94. The summed E-state index contributed by atoms with van der Waals surface area (Å²) in [4.78, 5) is 22.8. The fourth-order valence-electron chi connectivity index (χ4n) is 1.38. The Bertz CT molecular complexity index is 647. The van der Waals surface area contributed by atoms with Gasteiger partial charge in [0.15, 0.2) is 12.4 Å². The lowest BCUT2D eigenvalue weighted by Gasteiger charge is -2.06. The molecule has 9 heteroatoms. The zero-order chi connectivity index (χ0) is 14.7. The van der Waals surface area contributed by atoms with Gasteiger partial charge >= 0.3 is 5.97 Å². The molecule has 104 valence electrons. The van der Waals surface area contributed by atoms with E-state index in [0.717, 1.165) is 12.1 Å². The topological polar surface area (TPSA) is 117 Å². The van der Waals surface area contributed by atoms with E-state index in [-0.39, 0.29) is 34.9 Å². The van der Waals surface area contributed by atoms with E-state index in [1.54, 1.807) is 0 Å². The maximum absolute atomic E-state index is 12.9. The van der Waals surface area contributed by atoms with Gasteiger partial charge in [-0.25, -0.2) is 9.18 Å². The highest BCUT2D eigenvalue weighted by atomic mass is 35.5. The van der Waals surface area contributed by atoms with Gasteiger partial charge in [-0.3, -0.25) is 0 Å². The maximum Gasteiger partial charge on any atom is 0.340 e. The number of nitrogens with zero attached hydrogens (tertiary/aromatic N) is 3. The second-order valence-electron chi connectivity index (χ2n) is 3.67. The van der Waals surface area contributed by atoms with Gasteiger partial charge in [0.25, 0.3) is 0 Å². The van der Waals surface area contributed by atoms with Gasteiger partial charge in [-0.15, -0.1) is 0 Å². The van der Waals surface area contributed by atoms with Crippen molar-refractivity contribution in [2.45, 2.75) is 6.61 Å². The van der Waals surface area contributed by atoms with Gasteiger partial charge in [0.1, 0.15) is 5.82 Å². The van der Waals surface area contributed by atoms with Gasteiger partial charge in [0, 0.05) is 0 Å². The van der Waals surface area contributed by atoms with Crippen LogP contribution in [0.3, 0.4) is 0 Å². The molecule has 0 spiro atoms. The molecular weight excluding hydrogens is 289 g/mol. The molecule has 1 aromatic heterocycles. The quantitative estimate of drug-likeness (QED) is 0.817. The Labute approximate surface area is 117 Å². The van der Waals surface area contributed by atoms with Gasteiger partial charge in [-0.05, 0) is 18.2 Å². The van der Waals surface area contributed by atoms with E-state index in [1.807, 2.05) is 0 Å². The summed E-state index contributed by atoms with van der Waals surface area (Å²) >= 11 is 5.73. The van der Waals surface area contributed by atoms with E-state index in [9.17, 15) is 9.18 Å². The van der Waals surface area contributed by atoms with Crippen molar-refractivity contribution in [3.8, 4) is 0 Å². The molecule has 0 saturated heterocycles. The molecular formula is C11H9ClFN5O2. The number of aromatic nitrogens is 3. The Balaban J connectivity index is 2.08. The molecule has 20 heavy (non-hydrogen) atoms. The van der Waals surface area contributed by atoms with Crippen LogP contribution in [0, 0.1) is 5.82 Å². The number of ether oxygens (including phenoxy) is 1. The molecule has 0 aliphatic rings. The highest BCUT2D eigenvalue weighted by molar-refractivity contribution is 6.33. The molecule has 0 saturated carbocycles. The van der Waals surface area contributed by atoms with Crippen molar-refractivity contribution in [1.82, 2.24) is 15.0 Å². The van der Waals surface area contributed by atoms with Crippen LogP contribution in [-0.4, -0.2) is 20.9 Å². The molecule has 1 heterocycles. The molecule has 0 bridgehead atoms. The smallest absolute Gasteiger partial charge is 0.340 e. The first kappa shape index (κ1) is 13.9. The Morgan fingerprint density at radius 2 is 1.90 bits per heavy atom. The van der Waals surface area contributed by atoms with E-state index in [0.29, 0.717) is 0 Å². The molecule has 2 aromatic rings. The Hall–Kier alpha value is -2.48. The zero-order valence-corrected chi connectivity index (χ0v) is 10.8. The van der Waals surface area contributed by atoms with Crippen molar-refractivity contribution in [2.75, 3.05) is 11.5 Å². The predicted octanol–water partition coefficient (Wildman–Crippen LogP) is 1.19. The third-order valence-electron chi connectivity index (χ3n) is 2.20. The van der Waals surface area contributed by atoms with Crippen LogP contribution < -0.4 is 11.5 Å².